The van der Waals surface area contributed by atoms with Gasteiger partial charge in [-0.3, -0.25) is 4.99 Å². The van der Waals surface area contributed by atoms with Gasteiger partial charge in [-0.15, -0.1) is 0 Å². The Bertz CT molecular complexity index is 551. The summed E-state index contributed by atoms with van der Waals surface area (Å²) in [5, 5.41) is 1.96. The van der Waals surface area contributed by atoms with Crippen molar-refractivity contribution in [1.82, 2.24) is 0 Å². The molecule has 1 aliphatic heterocycles. The molecule has 1 aliphatic carbocycles. The van der Waals surface area contributed by atoms with E-state index < -0.39 is 0 Å². The number of fused-ring (bicyclic) bond motifs is 2. The summed E-state index contributed by atoms with van der Waals surface area (Å²) >= 11 is 0. The lowest BCUT2D eigenvalue weighted by atomic mass is 10.0. The van der Waals surface area contributed by atoms with Crippen molar-refractivity contribution in [3.05, 3.63) is 27.6 Å². The van der Waals surface area contributed by atoms with E-state index in [-0.39, 0.29) is 0 Å². The second kappa shape index (κ2) is 2.26. The standard InChI is InChI=1S/C11H9N3/c12-10-6-2-1-3-7(6)11(13)9-5-14-4-8(9)10/h1-5H,12-13H2. The Morgan fingerprint density at radius 2 is 1.79 bits per heavy atom. The number of anilines is 2. The van der Waals surface area contributed by atoms with Crippen LogP contribution in [0.3, 0.4) is 0 Å². The molecular weight excluding hydrogens is 174 g/mol. The first-order chi connectivity index (χ1) is 6.79. The van der Waals surface area contributed by atoms with Gasteiger partial charge in [-0.1, -0.05) is 18.2 Å². The van der Waals surface area contributed by atoms with E-state index in [1.165, 1.54) is 0 Å². The van der Waals surface area contributed by atoms with Crippen LogP contribution in [0.4, 0.5) is 11.4 Å². The van der Waals surface area contributed by atoms with Gasteiger partial charge in [-0.25, -0.2) is 0 Å². The lowest BCUT2D eigenvalue weighted by Gasteiger charge is -2.06. The zero-order chi connectivity index (χ0) is 9.71. The average molecular weight is 183 g/mol. The number of nitrogen functional groups attached to an aromatic ring is 2. The summed E-state index contributed by atoms with van der Waals surface area (Å²) in [5.74, 6) is 0. The van der Waals surface area contributed by atoms with Gasteiger partial charge in [0.05, 0.1) is 0 Å². The van der Waals surface area contributed by atoms with Crippen molar-refractivity contribution >= 4 is 35.9 Å². The molecule has 14 heavy (non-hydrogen) atoms. The molecule has 0 saturated heterocycles. The van der Waals surface area contributed by atoms with E-state index in [0.717, 1.165) is 32.9 Å². The highest BCUT2D eigenvalue weighted by atomic mass is 14.7. The van der Waals surface area contributed by atoms with Crippen LogP contribution < -0.4 is 21.9 Å². The fourth-order valence-corrected chi connectivity index (χ4v) is 1.93. The molecule has 1 aromatic carbocycles. The Kier molecular flexibility index (Phi) is 1.19. The van der Waals surface area contributed by atoms with Gasteiger partial charge in [0.15, 0.2) is 0 Å². The Morgan fingerprint density at radius 3 is 2.64 bits per heavy atom. The van der Waals surface area contributed by atoms with Crippen LogP contribution in [0.1, 0.15) is 11.1 Å². The van der Waals surface area contributed by atoms with Gasteiger partial charge in [0, 0.05) is 45.4 Å². The largest absolute Gasteiger partial charge is 0.398 e. The highest BCUT2D eigenvalue weighted by molar-refractivity contribution is 5.97. The minimum absolute atomic E-state index is 0.770. The van der Waals surface area contributed by atoms with Crippen molar-refractivity contribution in [2.24, 2.45) is 4.99 Å². The van der Waals surface area contributed by atoms with Gasteiger partial charge in [-0.2, -0.15) is 0 Å². The number of nitrogens with zero attached hydrogens (tertiary/aromatic N) is 1. The fraction of sp³-hybridized carbons (Fsp3) is 0. The minimum atomic E-state index is 0.770. The van der Waals surface area contributed by atoms with Gasteiger partial charge in [0.2, 0.25) is 0 Å². The van der Waals surface area contributed by atoms with Crippen molar-refractivity contribution in [2.75, 3.05) is 11.5 Å². The maximum absolute atomic E-state index is 6.02. The first-order valence-corrected chi connectivity index (χ1v) is 4.42. The molecular formula is C11H9N3. The summed E-state index contributed by atoms with van der Waals surface area (Å²) in [5.41, 5.74) is 15.5. The maximum atomic E-state index is 6.02. The first kappa shape index (κ1) is 7.38. The van der Waals surface area contributed by atoms with E-state index in [0.29, 0.717) is 0 Å². The molecule has 0 unspecified atom stereocenters. The van der Waals surface area contributed by atoms with Crippen molar-refractivity contribution in [1.29, 1.82) is 0 Å². The lowest BCUT2D eigenvalue weighted by molar-refractivity contribution is 1.51. The topological polar surface area (TPSA) is 64.4 Å². The lowest BCUT2D eigenvalue weighted by Crippen LogP contribution is -2.24. The van der Waals surface area contributed by atoms with Crippen LogP contribution in [0.25, 0.3) is 18.4 Å². The molecule has 0 saturated carbocycles. The van der Waals surface area contributed by atoms with E-state index >= 15 is 0 Å². The molecule has 0 spiro atoms. The van der Waals surface area contributed by atoms with Gasteiger partial charge in [0.1, 0.15) is 0 Å². The number of benzene rings is 1. The van der Waals surface area contributed by atoms with Gasteiger partial charge < -0.3 is 11.5 Å². The van der Waals surface area contributed by atoms with E-state index in [1.54, 1.807) is 12.4 Å². The molecule has 0 amide bonds. The first-order valence-electron chi connectivity index (χ1n) is 4.42. The molecule has 1 aromatic rings. The predicted molar refractivity (Wildman–Crippen MR) is 60.1 cm³/mol. The summed E-state index contributed by atoms with van der Waals surface area (Å²) in [7, 11) is 0. The smallest absolute Gasteiger partial charge is 0.0491 e. The van der Waals surface area contributed by atoms with Gasteiger partial charge in [-0.05, 0) is 0 Å². The average Bonchev–Trinajstić information content (AvgIpc) is 2.82. The van der Waals surface area contributed by atoms with E-state index in [9.17, 15) is 0 Å². The third-order valence-electron chi connectivity index (χ3n) is 2.67. The molecule has 4 N–H and O–H groups in total. The molecule has 0 aromatic heterocycles. The molecule has 0 bridgehead atoms. The van der Waals surface area contributed by atoms with Crippen LogP contribution in [0.2, 0.25) is 0 Å². The Hall–Kier alpha value is -2.03. The number of allylic oxidation sites excluding steroid dienone is 1. The second-order valence-electron chi connectivity index (χ2n) is 3.42. The third kappa shape index (κ3) is 0.695. The van der Waals surface area contributed by atoms with Crippen LogP contribution in [-0.2, 0) is 0 Å². The Morgan fingerprint density at radius 1 is 1.00 bits per heavy atom. The number of nitrogens with two attached hydrogens (primary N) is 2. The number of hydrogen-bond acceptors (Lipinski definition) is 3. The van der Waals surface area contributed by atoms with Crippen LogP contribution in [0, 0.1) is 0 Å². The number of aliphatic imine (C=N–C) groups is 1. The van der Waals surface area contributed by atoms with Crippen LogP contribution >= 0.6 is 0 Å². The highest BCUT2D eigenvalue weighted by Crippen LogP contribution is 2.15. The molecule has 0 fully saturated rings. The van der Waals surface area contributed by atoms with Gasteiger partial charge in [0.25, 0.3) is 0 Å². The fourth-order valence-electron chi connectivity index (χ4n) is 1.93. The summed E-state index contributed by atoms with van der Waals surface area (Å²) in [6.07, 6.45) is 9.44. The quantitative estimate of drug-likeness (QED) is 0.433. The van der Waals surface area contributed by atoms with Crippen molar-refractivity contribution < 1.29 is 0 Å². The Labute approximate surface area is 80.8 Å². The Balaban J connectivity index is 2.61. The summed E-state index contributed by atoms with van der Waals surface area (Å²) in [6.45, 7) is 0. The van der Waals surface area contributed by atoms with Crippen molar-refractivity contribution in [3.8, 4) is 0 Å². The van der Waals surface area contributed by atoms with Crippen molar-refractivity contribution in [3.63, 3.8) is 0 Å². The van der Waals surface area contributed by atoms with Crippen LogP contribution in [-0.4, -0.2) is 6.21 Å². The SMILES string of the molecule is Nc1c2c(c(N)c3c1=CC=C3)=CN=C2. The van der Waals surface area contributed by atoms with Gasteiger partial charge >= 0.3 is 0 Å². The van der Waals surface area contributed by atoms with Crippen LogP contribution in [0.15, 0.2) is 11.1 Å². The van der Waals surface area contributed by atoms with E-state index in [4.69, 9.17) is 11.5 Å². The predicted octanol–water partition coefficient (Wildman–Crippen LogP) is -0.171. The molecule has 3 heteroatoms. The summed E-state index contributed by atoms with van der Waals surface area (Å²) in [4.78, 5) is 4.07. The molecule has 68 valence electrons. The normalized spacial score (nSPS) is 14.9. The second-order valence-corrected chi connectivity index (χ2v) is 3.42. The van der Waals surface area contributed by atoms with Crippen molar-refractivity contribution in [2.45, 2.75) is 0 Å². The summed E-state index contributed by atoms with van der Waals surface area (Å²) < 4.78 is 0. The highest BCUT2D eigenvalue weighted by Gasteiger charge is 2.13. The molecule has 3 rings (SSSR count). The number of rotatable bonds is 0. The van der Waals surface area contributed by atoms with E-state index in [1.807, 2.05) is 18.2 Å². The monoisotopic (exact) mass is 183 g/mol. The molecule has 0 radical (unpaired) electrons. The zero-order valence-electron chi connectivity index (χ0n) is 7.49. The minimum Gasteiger partial charge on any atom is -0.398 e. The number of hydrogen-bond donors (Lipinski definition) is 2. The molecule has 2 aliphatic rings. The third-order valence-corrected chi connectivity index (χ3v) is 2.67. The summed E-state index contributed by atoms with van der Waals surface area (Å²) in [6, 6.07) is 0. The zero-order valence-corrected chi connectivity index (χ0v) is 7.49. The van der Waals surface area contributed by atoms with Crippen LogP contribution in [0.5, 0.6) is 0 Å². The molecule has 0 atom stereocenters. The van der Waals surface area contributed by atoms with E-state index in [2.05, 4.69) is 4.99 Å². The molecule has 1 heterocycles. The molecule has 3 nitrogen and oxygen atoms in total. The maximum Gasteiger partial charge on any atom is 0.0491 e.